The molecule has 2 N–H and O–H groups in total. The van der Waals surface area contributed by atoms with Crippen LogP contribution in [0.15, 0.2) is 51.7 Å². The van der Waals surface area contributed by atoms with Gasteiger partial charge < -0.3 is 10.6 Å². The zero-order valence-electron chi connectivity index (χ0n) is 19.1. The van der Waals surface area contributed by atoms with E-state index in [9.17, 15) is 13.2 Å². The number of nitrogens with zero attached hydrogens (tertiary/aromatic N) is 3. The summed E-state index contributed by atoms with van der Waals surface area (Å²) in [5.41, 5.74) is 3.18. The van der Waals surface area contributed by atoms with Gasteiger partial charge in [-0.25, -0.2) is 8.42 Å². The Kier molecular flexibility index (Phi) is 7.87. The summed E-state index contributed by atoms with van der Waals surface area (Å²) in [7, 11) is -3.67. The monoisotopic (exact) mass is 517 g/mol. The van der Waals surface area contributed by atoms with Crippen LogP contribution in [0.5, 0.6) is 0 Å². The molecule has 0 spiro atoms. The molecular weight excluding hydrogens is 490 g/mol. The number of hydrogen-bond acceptors (Lipinski definition) is 8. The second kappa shape index (κ2) is 10.9. The van der Waals surface area contributed by atoms with Crippen LogP contribution >= 0.6 is 23.1 Å². The molecule has 2 heterocycles. The first-order valence-corrected chi connectivity index (χ1v) is 14.3. The summed E-state index contributed by atoms with van der Waals surface area (Å²) in [6.07, 6.45) is 2.74. The number of sulfonamides is 1. The van der Waals surface area contributed by atoms with Gasteiger partial charge in [0.1, 0.15) is 4.90 Å². The lowest BCUT2D eigenvalue weighted by atomic mass is 10.2. The summed E-state index contributed by atoms with van der Waals surface area (Å²) in [5.74, 6) is -0.205. The zero-order chi connectivity index (χ0) is 24.1. The molecule has 34 heavy (non-hydrogen) atoms. The van der Waals surface area contributed by atoms with Crippen LogP contribution in [0.1, 0.15) is 30.4 Å². The number of para-hydroxylation sites is 1. The van der Waals surface area contributed by atoms with E-state index < -0.39 is 10.0 Å². The fraction of sp³-hybridized carbons (Fsp3) is 0.348. The number of aryl methyl sites for hydroxylation is 2. The van der Waals surface area contributed by atoms with Gasteiger partial charge in [-0.15, -0.1) is 10.2 Å². The van der Waals surface area contributed by atoms with Crippen molar-refractivity contribution in [2.24, 2.45) is 0 Å². The predicted octanol–water partition coefficient (Wildman–Crippen LogP) is 4.80. The highest BCUT2D eigenvalue weighted by atomic mass is 32.2. The van der Waals surface area contributed by atoms with E-state index in [0.29, 0.717) is 28.2 Å². The molecule has 1 aliphatic rings. The molecule has 1 aromatic heterocycles. The average molecular weight is 518 g/mol. The van der Waals surface area contributed by atoms with Crippen molar-refractivity contribution in [2.75, 3.05) is 29.5 Å². The minimum atomic E-state index is -3.67. The predicted molar refractivity (Wildman–Crippen MR) is 138 cm³/mol. The highest BCUT2D eigenvalue weighted by Gasteiger charge is 2.29. The van der Waals surface area contributed by atoms with Gasteiger partial charge in [-0.2, -0.15) is 4.31 Å². The van der Waals surface area contributed by atoms with E-state index in [-0.39, 0.29) is 16.6 Å². The number of anilines is 3. The fourth-order valence-corrected chi connectivity index (χ4v) is 6.96. The molecule has 0 atom stereocenters. The van der Waals surface area contributed by atoms with Gasteiger partial charge in [-0.3, -0.25) is 4.79 Å². The summed E-state index contributed by atoms with van der Waals surface area (Å²) >= 11 is 2.62. The Bertz CT molecular complexity index is 1270. The Morgan fingerprint density at radius 1 is 1.06 bits per heavy atom. The van der Waals surface area contributed by atoms with Gasteiger partial charge >= 0.3 is 0 Å². The number of amides is 1. The lowest BCUT2D eigenvalue weighted by Crippen LogP contribution is -2.36. The highest BCUT2D eigenvalue weighted by molar-refractivity contribution is 8.01. The van der Waals surface area contributed by atoms with Crippen LogP contribution in [-0.2, 0) is 14.8 Å². The van der Waals surface area contributed by atoms with Gasteiger partial charge in [0, 0.05) is 18.8 Å². The van der Waals surface area contributed by atoms with Crippen LogP contribution in [0.4, 0.5) is 16.5 Å². The average Bonchev–Trinajstić information content (AvgIpc) is 3.28. The molecule has 0 radical (unpaired) electrons. The molecule has 1 amide bonds. The van der Waals surface area contributed by atoms with Crippen LogP contribution in [0.25, 0.3) is 0 Å². The van der Waals surface area contributed by atoms with Gasteiger partial charge in [-0.05, 0) is 56.0 Å². The molecule has 3 aromatic rings. The topological polar surface area (TPSA) is 104 Å². The number of nitrogens with one attached hydrogen (secondary N) is 2. The van der Waals surface area contributed by atoms with Gasteiger partial charge in [0.25, 0.3) is 0 Å². The molecular formula is C23H27N5O3S3. The number of benzene rings is 2. The summed E-state index contributed by atoms with van der Waals surface area (Å²) in [4.78, 5) is 12.8. The van der Waals surface area contributed by atoms with Crippen LogP contribution in [0, 0.1) is 13.8 Å². The van der Waals surface area contributed by atoms with Crippen molar-refractivity contribution in [2.45, 2.75) is 42.3 Å². The molecule has 4 rings (SSSR count). The SMILES string of the molecule is Cc1ccc(NC(=O)CSc2nnc(Nc3ccccc3C)s2)c(S(=O)(=O)N2CCCCC2)c1. The maximum absolute atomic E-state index is 13.2. The molecule has 2 aromatic carbocycles. The molecule has 1 fully saturated rings. The van der Waals surface area contributed by atoms with Gasteiger partial charge in [0.2, 0.25) is 21.1 Å². The van der Waals surface area contributed by atoms with E-state index in [1.54, 1.807) is 18.2 Å². The van der Waals surface area contributed by atoms with Crippen molar-refractivity contribution >= 4 is 55.5 Å². The Labute approximate surface area is 208 Å². The van der Waals surface area contributed by atoms with E-state index in [1.165, 1.54) is 27.4 Å². The van der Waals surface area contributed by atoms with Gasteiger partial charge in [0.05, 0.1) is 11.4 Å². The first kappa shape index (κ1) is 24.6. The van der Waals surface area contributed by atoms with Crippen molar-refractivity contribution < 1.29 is 13.2 Å². The molecule has 0 aliphatic carbocycles. The lowest BCUT2D eigenvalue weighted by molar-refractivity contribution is -0.113. The van der Waals surface area contributed by atoms with E-state index in [0.717, 1.165) is 36.1 Å². The summed E-state index contributed by atoms with van der Waals surface area (Å²) < 4.78 is 28.7. The van der Waals surface area contributed by atoms with Gasteiger partial charge in [0.15, 0.2) is 4.34 Å². The normalized spacial score (nSPS) is 14.6. The van der Waals surface area contributed by atoms with Crippen LogP contribution in [-0.4, -0.2) is 47.7 Å². The number of hydrogen-bond donors (Lipinski definition) is 2. The number of piperidine rings is 1. The lowest BCUT2D eigenvalue weighted by Gasteiger charge is -2.27. The maximum Gasteiger partial charge on any atom is 0.245 e. The van der Waals surface area contributed by atoms with Crippen molar-refractivity contribution in [3.05, 3.63) is 53.6 Å². The third-order valence-corrected chi connectivity index (χ3v) is 9.37. The molecule has 0 unspecified atom stereocenters. The number of rotatable bonds is 8. The highest BCUT2D eigenvalue weighted by Crippen LogP contribution is 2.30. The van der Waals surface area contributed by atoms with Crippen molar-refractivity contribution in [1.29, 1.82) is 0 Å². The van der Waals surface area contributed by atoms with Crippen molar-refractivity contribution in [1.82, 2.24) is 14.5 Å². The number of aromatic nitrogens is 2. The third kappa shape index (κ3) is 5.96. The molecule has 1 aliphatic heterocycles. The van der Waals surface area contributed by atoms with Crippen LogP contribution in [0.2, 0.25) is 0 Å². The Morgan fingerprint density at radius 2 is 1.82 bits per heavy atom. The van der Waals surface area contributed by atoms with E-state index in [2.05, 4.69) is 20.8 Å². The van der Waals surface area contributed by atoms with Gasteiger partial charge in [-0.1, -0.05) is 53.8 Å². The van der Waals surface area contributed by atoms with Crippen LogP contribution in [0.3, 0.4) is 0 Å². The molecule has 0 saturated carbocycles. The van der Waals surface area contributed by atoms with E-state index in [1.807, 2.05) is 38.1 Å². The molecule has 180 valence electrons. The Hall–Kier alpha value is -2.47. The standard InChI is InChI=1S/C23H27N5O3S3/c1-16-10-11-19(20(14-16)34(30,31)28-12-6-3-7-13-28)24-21(29)15-32-23-27-26-22(33-23)25-18-9-5-4-8-17(18)2/h4-5,8-11,14H,3,6-7,12-13,15H2,1-2H3,(H,24,29)(H,25,26). The second-order valence-electron chi connectivity index (χ2n) is 8.11. The zero-order valence-corrected chi connectivity index (χ0v) is 21.5. The summed E-state index contributed by atoms with van der Waals surface area (Å²) in [6, 6.07) is 13.0. The number of thioether (sulfide) groups is 1. The number of carbonyl (C=O) groups excluding carboxylic acids is 1. The van der Waals surface area contributed by atoms with E-state index >= 15 is 0 Å². The number of carbonyl (C=O) groups is 1. The minimum absolute atomic E-state index is 0.0933. The fourth-order valence-electron chi connectivity index (χ4n) is 3.65. The smallest absolute Gasteiger partial charge is 0.245 e. The first-order chi connectivity index (χ1) is 16.3. The first-order valence-electron chi connectivity index (χ1n) is 11.0. The molecule has 0 bridgehead atoms. The Balaban J connectivity index is 1.40. The van der Waals surface area contributed by atoms with Crippen LogP contribution < -0.4 is 10.6 Å². The second-order valence-corrected chi connectivity index (χ2v) is 12.2. The molecule has 11 heteroatoms. The largest absolute Gasteiger partial charge is 0.330 e. The molecule has 8 nitrogen and oxygen atoms in total. The third-order valence-electron chi connectivity index (χ3n) is 5.46. The maximum atomic E-state index is 13.2. The Morgan fingerprint density at radius 3 is 2.59 bits per heavy atom. The van der Waals surface area contributed by atoms with Crippen molar-refractivity contribution in [3.8, 4) is 0 Å². The molecule has 1 saturated heterocycles. The van der Waals surface area contributed by atoms with Crippen molar-refractivity contribution in [3.63, 3.8) is 0 Å². The van der Waals surface area contributed by atoms with E-state index in [4.69, 9.17) is 0 Å². The summed E-state index contributed by atoms with van der Waals surface area (Å²) in [5, 5.41) is 14.9. The summed E-state index contributed by atoms with van der Waals surface area (Å²) in [6.45, 7) is 4.87. The quantitative estimate of drug-likeness (QED) is 0.414. The minimum Gasteiger partial charge on any atom is -0.330 e.